The number of nitrogens with one attached hydrogen (secondary N) is 1. The lowest BCUT2D eigenvalue weighted by atomic mass is 10.00. The van der Waals surface area contributed by atoms with E-state index in [2.05, 4.69) is 5.32 Å². The molecule has 0 radical (unpaired) electrons. The summed E-state index contributed by atoms with van der Waals surface area (Å²) >= 11 is 1.78. The Morgan fingerprint density at radius 3 is 2.43 bits per heavy atom. The van der Waals surface area contributed by atoms with Crippen molar-refractivity contribution in [3.63, 3.8) is 0 Å². The molecule has 3 N–H and O–H groups in total. The Bertz CT molecular complexity index is 473. The molecule has 3 rings (SSSR count). The quantitative estimate of drug-likeness (QED) is 0.769. The number of hydrogen-bond acceptors (Lipinski definition) is 5. The summed E-state index contributed by atoms with van der Waals surface area (Å²) < 4.78 is 0. The second-order valence-corrected chi connectivity index (χ2v) is 8.76. The average Bonchev–Trinajstić information content (AvgIpc) is 2.97. The molecule has 0 aliphatic carbocycles. The predicted molar refractivity (Wildman–Crippen MR) is 91.9 cm³/mol. The van der Waals surface area contributed by atoms with E-state index in [0.29, 0.717) is 13.1 Å². The first kappa shape index (κ1) is 17.0. The number of nitrogens with two attached hydrogens (primary N) is 1. The van der Waals surface area contributed by atoms with E-state index in [-0.39, 0.29) is 28.6 Å². The summed E-state index contributed by atoms with van der Waals surface area (Å²) in [6.45, 7) is 7.02. The Labute approximate surface area is 142 Å². The minimum atomic E-state index is -0.426. The highest BCUT2D eigenvalue weighted by molar-refractivity contribution is 8.01. The molecule has 0 bridgehead atoms. The zero-order valence-electron chi connectivity index (χ0n) is 14.1. The van der Waals surface area contributed by atoms with Crippen molar-refractivity contribution >= 4 is 23.6 Å². The zero-order valence-corrected chi connectivity index (χ0v) is 14.9. The Balaban J connectivity index is 1.51. The van der Waals surface area contributed by atoms with Crippen LogP contribution in [0.25, 0.3) is 0 Å². The first-order chi connectivity index (χ1) is 10.9. The van der Waals surface area contributed by atoms with E-state index in [0.717, 1.165) is 31.7 Å². The van der Waals surface area contributed by atoms with Crippen LogP contribution in [0.2, 0.25) is 0 Å². The van der Waals surface area contributed by atoms with Crippen molar-refractivity contribution in [3.8, 4) is 0 Å². The van der Waals surface area contributed by atoms with Gasteiger partial charge in [0.05, 0.1) is 25.2 Å². The number of carbonyl (C=O) groups is 2. The summed E-state index contributed by atoms with van der Waals surface area (Å²) in [6.07, 6.45) is 3.46. The molecule has 1 spiro atoms. The molecule has 130 valence electrons. The van der Waals surface area contributed by atoms with Gasteiger partial charge in [-0.2, -0.15) is 0 Å². The number of carbonyl (C=O) groups excluding carboxylic acids is 2. The Morgan fingerprint density at radius 2 is 1.83 bits per heavy atom. The van der Waals surface area contributed by atoms with Crippen LogP contribution in [0.4, 0.5) is 0 Å². The average molecular weight is 340 g/mol. The SMILES string of the molecule is CC(C)[C@H](N)C(=O)N1CC2(C1)N[C@H](C(=O)N1CCCCC1)CS2. The Morgan fingerprint density at radius 1 is 1.17 bits per heavy atom. The maximum atomic E-state index is 12.6. The van der Waals surface area contributed by atoms with Crippen LogP contribution in [-0.2, 0) is 9.59 Å². The second-order valence-electron chi connectivity index (χ2n) is 7.35. The number of rotatable bonds is 3. The third kappa shape index (κ3) is 3.37. The summed E-state index contributed by atoms with van der Waals surface area (Å²) in [4.78, 5) is 28.5. The molecule has 6 nitrogen and oxygen atoms in total. The van der Waals surface area contributed by atoms with E-state index in [9.17, 15) is 9.59 Å². The van der Waals surface area contributed by atoms with Crippen LogP contribution >= 0.6 is 11.8 Å². The largest absolute Gasteiger partial charge is 0.341 e. The number of piperidine rings is 1. The van der Waals surface area contributed by atoms with Crippen molar-refractivity contribution in [1.29, 1.82) is 0 Å². The van der Waals surface area contributed by atoms with Gasteiger partial charge < -0.3 is 15.5 Å². The smallest absolute Gasteiger partial charge is 0.240 e. The molecule has 2 atom stereocenters. The van der Waals surface area contributed by atoms with E-state index in [1.807, 2.05) is 23.6 Å². The second kappa shape index (κ2) is 6.61. The van der Waals surface area contributed by atoms with E-state index in [1.54, 1.807) is 11.8 Å². The summed E-state index contributed by atoms with van der Waals surface area (Å²) in [5, 5.41) is 3.49. The van der Waals surface area contributed by atoms with Gasteiger partial charge in [-0.1, -0.05) is 13.8 Å². The molecule has 0 unspecified atom stereocenters. The molecule has 3 aliphatic heterocycles. The van der Waals surface area contributed by atoms with E-state index >= 15 is 0 Å². The third-order valence-electron chi connectivity index (χ3n) is 5.14. The number of amides is 2. The number of likely N-dealkylation sites (tertiary alicyclic amines) is 2. The number of thioether (sulfide) groups is 1. The molecule has 0 saturated carbocycles. The fourth-order valence-corrected chi connectivity index (χ4v) is 4.95. The van der Waals surface area contributed by atoms with Crippen LogP contribution in [0.1, 0.15) is 33.1 Å². The van der Waals surface area contributed by atoms with Gasteiger partial charge in [0.1, 0.15) is 4.87 Å². The molecule has 0 aromatic carbocycles. The topological polar surface area (TPSA) is 78.7 Å². The van der Waals surface area contributed by atoms with Gasteiger partial charge in [0.15, 0.2) is 0 Å². The van der Waals surface area contributed by atoms with Gasteiger partial charge >= 0.3 is 0 Å². The van der Waals surface area contributed by atoms with Crippen LogP contribution in [0.15, 0.2) is 0 Å². The maximum absolute atomic E-state index is 12.6. The first-order valence-corrected chi connectivity index (χ1v) is 9.65. The van der Waals surface area contributed by atoms with Crippen LogP contribution in [0, 0.1) is 5.92 Å². The summed E-state index contributed by atoms with van der Waals surface area (Å²) in [5.41, 5.74) is 5.95. The lowest BCUT2D eigenvalue weighted by Crippen LogP contribution is -2.70. The van der Waals surface area contributed by atoms with Gasteiger partial charge in [-0.3, -0.25) is 14.9 Å². The van der Waals surface area contributed by atoms with Crippen molar-refractivity contribution < 1.29 is 9.59 Å². The lowest BCUT2D eigenvalue weighted by Gasteiger charge is -2.48. The molecule has 3 fully saturated rings. The molecular weight excluding hydrogens is 312 g/mol. The maximum Gasteiger partial charge on any atom is 0.240 e. The minimum absolute atomic E-state index is 0.0267. The normalized spacial score (nSPS) is 28.1. The molecule has 7 heteroatoms. The van der Waals surface area contributed by atoms with Crippen molar-refractivity contribution in [2.45, 2.75) is 50.1 Å². The highest BCUT2D eigenvalue weighted by Gasteiger charge is 2.52. The van der Waals surface area contributed by atoms with Crippen molar-refractivity contribution in [2.75, 3.05) is 31.9 Å². The minimum Gasteiger partial charge on any atom is -0.341 e. The zero-order chi connectivity index (χ0) is 16.6. The van der Waals surface area contributed by atoms with Crippen molar-refractivity contribution in [1.82, 2.24) is 15.1 Å². The fourth-order valence-electron chi connectivity index (χ4n) is 3.52. The highest BCUT2D eigenvalue weighted by Crippen LogP contribution is 2.39. The standard InChI is InChI=1S/C16H28N4O2S/c1-11(2)13(17)15(22)20-9-16(10-20)18-12(8-23-16)14(21)19-6-4-3-5-7-19/h11-13,18H,3-10,17H2,1-2H3/t12-,13-/m0/s1. The molecule has 3 saturated heterocycles. The van der Waals surface area contributed by atoms with E-state index < -0.39 is 6.04 Å². The summed E-state index contributed by atoms with van der Waals surface area (Å²) in [5.74, 6) is 1.21. The van der Waals surface area contributed by atoms with Crippen molar-refractivity contribution in [3.05, 3.63) is 0 Å². The van der Waals surface area contributed by atoms with Gasteiger partial charge in [-0.15, -0.1) is 11.8 Å². The van der Waals surface area contributed by atoms with E-state index in [1.165, 1.54) is 6.42 Å². The Kier molecular flexibility index (Phi) is 4.90. The summed E-state index contributed by atoms with van der Waals surface area (Å²) in [6, 6.07) is -0.529. The molecule has 0 aromatic heterocycles. The van der Waals surface area contributed by atoms with Gasteiger partial charge in [0.25, 0.3) is 0 Å². The molecular formula is C16H28N4O2S. The number of nitrogens with zero attached hydrogens (tertiary/aromatic N) is 2. The monoisotopic (exact) mass is 340 g/mol. The predicted octanol–water partition coefficient (Wildman–Crippen LogP) is 0.226. The molecule has 2 amide bonds. The lowest BCUT2D eigenvalue weighted by molar-refractivity contribution is -0.140. The van der Waals surface area contributed by atoms with Crippen LogP contribution < -0.4 is 11.1 Å². The first-order valence-electron chi connectivity index (χ1n) is 8.67. The van der Waals surface area contributed by atoms with Crippen LogP contribution in [0.5, 0.6) is 0 Å². The molecule has 23 heavy (non-hydrogen) atoms. The Hall–Kier alpha value is -0.790. The van der Waals surface area contributed by atoms with Gasteiger partial charge in [0.2, 0.25) is 11.8 Å². The van der Waals surface area contributed by atoms with Crippen LogP contribution in [-0.4, -0.2) is 70.5 Å². The van der Waals surface area contributed by atoms with E-state index in [4.69, 9.17) is 5.73 Å². The van der Waals surface area contributed by atoms with Gasteiger partial charge in [-0.05, 0) is 25.2 Å². The molecule has 3 aliphatic rings. The molecule has 3 heterocycles. The van der Waals surface area contributed by atoms with Crippen molar-refractivity contribution in [2.24, 2.45) is 11.7 Å². The summed E-state index contributed by atoms with van der Waals surface area (Å²) in [7, 11) is 0. The molecule has 0 aromatic rings. The fraction of sp³-hybridized carbons (Fsp3) is 0.875. The number of hydrogen-bond donors (Lipinski definition) is 2. The van der Waals surface area contributed by atoms with Crippen LogP contribution in [0.3, 0.4) is 0 Å². The highest BCUT2D eigenvalue weighted by atomic mass is 32.2. The van der Waals surface area contributed by atoms with Gasteiger partial charge in [-0.25, -0.2) is 0 Å². The van der Waals surface area contributed by atoms with Gasteiger partial charge in [0, 0.05) is 18.8 Å². The third-order valence-corrected chi connectivity index (χ3v) is 6.57.